The van der Waals surface area contributed by atoms with E-state index in [1.165, 1.54) is 27.9 Å². The van der Waals surface area contributed by atoms with Gasteiger partial charge in [-0.3, -0.25) is 4.98 Å². The van der Waals surface area contributed by atoms with E-state index in [0.717, 1.165) is 33.7 Å². The zero-order valence-corrected chi connectivity index (χ0v) is 27.4. The first-order chi connectivity index (χ1) is 21.1. The first-order valence-corrected chi connectivity index (χ1v) is 14.6. The zero-order valence-electron chi connectivity index (χ0n) is 25.0. The number of hydrogen-bond donors (Lipinski definition) is 0. The van der Waals surface area contributed by atoms with E-state index >= 15 is 0 Å². The molecule has 7 aromatic rings. The van der Waals surface area contributed by atoms with Crippen LogP contribution in [0.2, 0.25) is 0 Å². The van der Waals surface area contributed by atoms with Gasteiger partial charge >= 0.3 is 0 Å². The van der Waals surface area contributed by atoms with Gasteiger partial charge in [-0.15, -0.1) is 71.8 Å². The Bertz CT molecular complexity index is 1890. The fourth-order valence-corrected chi connectivity index (χ4v) is 5.21. The molecule has 1 radical (unpaired) electrons. The minimum atomic E-state index is 0. The molecule has 0 N–H and O–H groups in total. The first kappa shape index (κ1) is 30.8. The summed E-state index contributed by atoms with van der Waals surface area (Å²) < 4.78 is 2.30. The molecule has 0 saturated carbocycles. The molecule has 0 spiro atoms. The number of aromatic nitrogens is 3. The summed E-state index contributed by atoms with van der Waals surface area (Å²) in [4.78, 5) is 9.26. The number of benzene rings is 5. The number of rotatable bonds is 5. The normalized spacial score (nSPS) is 10.6. The molecule has 0 aliphatic rings. The second-order valence-electron chi connectivity index (χ2n) is 10.8. The molecular formula is C40H33IrN3-2. The van der Waals surface area contributed by atoms with Crippen LogP contribution in [-0.2, 0) is 20.1 Å². The van der Waals surface area contributed by atoms with Gasteiger partial charge in [0.05, 0.1) is 16.9 Å². The van der Waals surface area contributed by atoms with Gasteiger partial charge < -0.3 is 9.55 Å². The average molecular weight is 748 g/mol. The van der Waals surface area contributed by atoms with Crippen LogP contribution >= 0.6 is 0 Å². The average Bonchev–Trinajstić information content (AvgIpc) is 3.45. The van der Waals surface area contributed by atoms with Gasteiger partial charge in [-0.1, -0.05) is 80.1 Å². The number of imidazole rings is 1. The Labute approximate surface area is 273 Å². The maximum Gasteiger partial charge on any atom is 0.0774 e. The third kappa shape index (κ3) is 6.78. The first-order valence-electron chi connectivity index (χ1n) is 14.6. The van der Waals surface area contributed by atoms with Gasteiger partial charge in [0, 0.05) is 32.0 Å². The van der Waals surface area contributed by atoms with Crippen LogP contribution in [-0.4, -0.2) is 14.5 Å². The molecule has 0 aliphatic carbocycles. The van der Waals surface area contributed by atoms with Gasteiger partial charge in [0.1, 0.15) is 0 Å². The fraction of sp³-hybridized carbons (Fsp3) is 0.100. The van der Waals surface area contributed by atoms with E-state index in [2.05, 4.69) is 115 Å². The maximum atomic E-state index is 5.04. The van der Waals surface area contributed by atoms with Crippen molar-refractivity contribution in [3.8, 4) is 39.5 Å². The van der Waals surface area contributed by atoms with E-state index in [9.17, 15) is 0 Å². The van der Waals surface area contributed by atoms with Gasteiger partial charge in [-0.05, 0) is 59.5 Å². The maximum absolute atomic E-state index is 5.04. The van der Waals surface area contributed by atoms with Gasteiger partial charge in [0.15, 0.2) is 0 Å². The van der Waals surface area contributed by atoms with Crippen LogP contribution in [0.1, 0.15) is 30.9 Å². The van der Waals surface area contributed by atoms with Crippen molar-refractivity contribution in [2.75, 3.05) is 0 Å². The summed E-state index contributed by atoms with van der Waals surface area (Å²) in [6, 6.07) is 52.1. The molecule has 0 amide bonds. The van der Waals surface area contributed by atoms with Crippen molar-refractivity contribution >= 4 is 11.0 Å². The van der Waals surface area contributed by atoms with Crippen LogP contribution in [0.3, 0.4) is 0 Å². The van der Waals surface area contributed by atoms with Crippen molar-refractivity contribution in [3.63, 3.8) is 0 Å². The zero-order chi connectivity index (χ0) is 29.6. The van der Waals surface area contributed by atoms with Gasteiger partial charge in [0.25, 0.3) is 0 Å². The molecule has 44 heavy (non-hydrogen) atoms. The number of para-hydroxylation sites is 1. The number of fused-ring (bicyclic) bond motifs is 1. The monoisotopic (exact) mass is 748 g/mol. The van der Waals surface area contributed by atoms with Crippen molar-refractivity contribution in [2.45, 2.75) is 26.7 Å². The minimum Gasteiger partial charge on any atom is -0.333 e. The van der Waals surface area contributed by atoms with E-state index in [4.69, 9.17) is 4.98 Å². The van der Waals surface area contributed by atoms with E-state index in [-0.39, 0.29) is 20.1 Å². The molecular weight excluding hydrogens is 715 g/mol. The quantitative estimate of drug-likeness (QED) is 0.164. The van der Waals surface area contributed by atoms with Crippen LogP contribution in [0.4, 0.5) is 0 Å². The Morgan fingerprint density at radius 3 is 1.98 bits per heavy atom. The van der Waals surface area contributed by atoms with Crippen LogP contribution in [0, 0.1) is 19.1 Å². The summed E-state index contributed by atoms with van der Waals surface area (Å²) in [5, 5.41) is 0. The Kier molecular flexibility index (Phi) is 9.96. The summed E-state index contributed by atoms with van der Waals surface area (Å²) in [5.74, 6) is 1.33. The second-order valence-corrected chi connectivity index (χ2v) is 10.8. The molecule has 0 aliphatic heterocycles. The summed E-state index contributed by atoms with van der Waals surface area (Å²) in [6.07, 6.45) is 1.79. The van der Waals surface area contributed by atoms with E-state index < -0.39 is 0 Å². The molecule has 219 valence electrons. The summed E-state index contributed by atoms with van der Waals surface area (Å²) >= 11 is 0. The van der Waals surface area contributed by atoms with Crippen molar-refractivity contribution in [2.24, 2.45) is 0 Å². The summed E-state index contributed by atoms with van der Waals surface area (Å²) in [6.45, 7) is 6.60. The molecule has 4 heteroatoms. The van der Waals surface area contributed by atoms with E-state index in [0.29, 0.717) is 5.92 Å². The predicted molar refractivity (Wildman–Crippen MR) is 178 cm³/mol. The Morgan fingerprint density at radius 2 is 1.32 bits per heavy atom. The summed E-state index contributed by atoms with van der Waals surface area (Å²) in [5.41, 5.74) is 11.3. The molecule has 0 bridgehead atoms. The van der Waals surface area contributed by atoms with Crippen LogP contribution in [0.25, 0.3) is 50.5 Å². The molecule has 7 rings (SSSR count). The molecule has 0 fully saturated rings. The van der Waals surface area contributed by atoms with Crippen molar-refractivity contribution in [3.05, 3.63) is 163 Å². The van der Waals surface area contributed by atoms with Crippen LogP contribution < -0.4 is 0 Å². The Hall–Kier alpha value is -4.63. The largest absolute Gasteiger partial charge is 0.333 e. The molecule has 2 aromatic heterocycles. The fourth-order valence-electron chi connectivity index (χ4n) is 5.21. The minimum absolute atomic E-state index is 0. The van der Waals surface area contributed by atoms with Crippen molar-refractivity contribution in [1.29, 1.82) is 0 Å². The van der Waals surface area contributed by atoms with Crippen LogP contribution in [0.15, 0.2) is 140 Å². The molecule has 0 atom stereocenters. The van der Waals surface area contributed by atoms with Gasteiger partial charge in [-0.2, -0.15) is 0 Å². The third-order valence-electron chi connectivity index (χ3n) is 7.44. The van der Waals surface area contributed by atoms with Crippen molar-refractivity contribution < 1.29 is 20.1 Å². The number of hydrogen-bond acceptors (Lipinski definition) is 2. The van der Waals surface area contributed by atoms with Gasteiger partial charge in [-0.25, -0.2) is 0 Å². The molecule has 5 aromatic carbocycles. The predicted octanol–water partition coefficient (Wildman–Crippen LogP) is 10.1. The Morgan fingerprint density at radius 1 is 0.659 bits per heavy atom. The third-order valence-corrected chi connectivity index (χ3v) is 7.44. The van der Waals surface area contributed by atoms with Crippen LogP contribution in [0.5, 0.6) is 0 Å². The summed E-state index contributed by atoms with van der Waals surface area (Å²) in [7, 11) is 0. The van der Waals surface area contributed by atoms with Crippen molar-refractivity contribution in [1.82, 2.24) is 14.5 Å². The molecule has 0 saturated heterocycles. The smallest absolute Gasteiger partial charge is 0.0774 e. The number of nitrogens with zero attached hydrogens (tertiary/aromatic N) is 3. The molecule has 3 nitrogen and oxygen atoms in total. The number of aryl methyl sites for hydroxylation is 1. The standard InChI is InChI=1S/C29H25N2.C11H8N.Ir/c1-20(2)25-11-7-8-12-27(25)31-28-19-24(22-15-13-21(3)14-16-22)17-18-26(28)30-29(31)23-9-5-4-6-10-23;1-2-6-10(7-3-1)11-8-4-5-9-12-11;/h4-9,11-20H,1-3H3;1-6,8-9H;/q2*-1;. The Balaban J connectivity index is 0.000000248. The molecule has 0 unspecified atom stereocenters. The second kappa shape index (κ2) is 14.2. The SMILES string of the molecule is Cc1ccc(-c2ccc3nc(-c4[c-]cccc4)n(-c4ccccc4C(C)C)c3c2)cc1.[Ir].[c-]1ccccc1-c1ccccn1. The number of pyridine rings is 1. The van der Waals surface area contributed by atoms with E-state index in [1.807, 2.05) is 60.7 Å². The molecule has 2 heterocycles. The van der Waals surface area contributed by atoms with E-state index in [1.54, 1.807) is 6.20 Å². The topological polar surface area (TPSA) is 30.7 Å². The van der Waals surface area contributed by atoms with Gasteiger partial charge in [0.2, 0.25) is 0 Å².